The zero-order valence-corrected chi connectivity index (χ0v) is 19.7. The second kappa shape index (κ2) is 10.2. The molecule has 0 unspecified atom stereocenters. The summed E-state index contributed by atoms with van der Waals surface area (Å²) in [6, 6.07) is 18.8. The van der Waals surface area contributed by atoms with Gasteiger partial charge < -0.3 is 23.9 Å². The van der Waals surface area contributed by atoms with Gasteiger partial charge in [-0.1, -0.05) is 18.2 Å². The molecule has 4 rings (SSSR count). The third-order valence-corrected chi connectivity index (χ3v) is 5.49. The summed E-state index contributed by atoms with van der Waals surface area (Å²) in [6.07, 6.45) is 3.27. The zero-order valence-electron chi connectivity index (χ0n) is 19.7. The molecule has 0 radical (unpaired) electrons. The van der Waals surface area contributed by atoms with Crippen LogP contribution in [0.25, 0.3) is 27.7 Å². The Kier molecular flexibility index (Phi) is 6.87. The quantitative estimate of drug-likeness (QED) is 0.304. The number of para-hydroxylation sites is 1. The van der Waals surface area contributed by atoms with Crippen molar-refractivity contribution in [3.8, 4) is 28.4 Å². The molecule has 1 amide bonds. The van der Waals surface area contributed by atoms with Crippen molar-refractivity contribution in [1.82, 2.24) is 0 Å². The van der Waals surface area contributed by atoms with E-state index in [0.717, 1.165) is 33.3 Å². The Morgan fingerprint density at radius 2 is 1.76 bits per heavy atom. The van der Waals surface area contributed by atoms with Crippen molar-refractivity contribution < 1.29 is 23.4 Å². The second-order valence-electron chi connectivity index (χ2n) is 7.68. The maximum absolute atomic E-state index is 12.6. The minimum Gasteiger partial charge on any atom is -0.497 e. The zero-order chi connectivity index (χ0) is 24.1. The van der Waals surface area contributed by atoms with Crippen LogP contribution in [0.3, 0.4) is 0 Å². The molecule has 0 aliphatic heterocycles. The summed E-state index contributed by atoms with van der Waals surface area (Å²) in [5.41, 5.74) is 4.69. The molecule has 0 aliphatic carbocycles. The summed E-state index contributed by atoms with van der Waals surface area (Å²) >= 11 is 0. The van der Waals surface area contributed by atoms with Gasteiger partial charge in [-0.05, 0) is 55.8 Å². The first kappa shape index (κ1) is 23.0. The van der Waals surface area contributed by atoms with Crippen molar-refractivity contribution in [3.05, 3.63) is 78.6 Å². The minimum atomic E-state index is -0.215. The number of benzene rings is 3. The Labute approximate surface area is 198 Å². The predicted molar refractivity (Wildman–Crippen MR) is 135 cm³/mol. The number of ether oxygens (including phenoxy) is 3. The average Bonchev–Trinajstić information content (AvgIpc) is 3.26. The van der Waals surface area contributed by atoms with E-state index in [4.69, 9.17) is 18.6 Å². The van der Waals surface area contributed by atoms with Gasteiger partial charge in [0.05, 0.1) is 27.1 Å². The van der Waals surface area contributed by atoms with Gasteiger partial charge in [-0.15, -0.1) is 0 Å². The first-order chi connectivity index (χ1) is 16.5. The van der Waals surface area contributed by atoms with Crippen LogP contribution in [0.15, 0.2) is 77.4 Å². The number of carbonyl (C=O) groups excluding carboxylic acids is 1. The molecule has 0 saturated carbocycles. The number of allylic oxidation sites excluding steroid dienone is 1. The SMILES string of the molecule is CCOc1cc2occ(-c3cc(OC)ccc3OC)c2cc1/C(C)=C/C(=O)Nc1ccccc1. The van der Waals surface area contributed by atoms with Crippen LogP contribution in [0, 0.1) is 0 Å². The second-order valence-corrected chi connectivity index (χ2v) is 7.68. The number of fused-ring (bicyclic) bond motifs is 1. The van der Waals surface area contributed by atoms with Crippen molar-refractivity contribution in [2.24, 2.45) is 0 Å². The first-order valence-electron chi connectivity index (χ1n) is 11.0. The Bertz CT molecular complexity index is 1340. The van der Waals surface area contributed by atoms with Gasteiger partial charge in [0, 0.05) is 39.9 Å². The summed E-state index contributed by atoms with van der Waals surface area (Å²) in [5, 5.41) is 3.76. The number of anilines is 1. The van der Waals surface area contributed by atoms with E-state index >= 15 is 0 Å². The molecule has 1 aromatic heterocycles. The Morgan fingerprint density at radius 1 is 0.971 bits per heavy atom. The third kappa shape index (κ3) is 4.76. The number of rotatable bonds is 8. The molecule has 0 aliphatic rings. The fraction of sp³-hybridized carbons (Fsp3) is 0.179. The van der Waals surface area contributed by atoms with Gasteiger partial charge >= 0.3 is 0 Å². The molecule has 6 nitrogen and oxygen atoms in total. The van der Waals surface area contributed by atoms with Crippen molar-refractivity contribution in [2.75, 3.05) is 26.1 Å². The van der Waals surface area contributed by atoms with Gasteiger partial charge in [-0.2, -0.15) is 0 Å². The number of nitrogens with one attached hydrogen (secondary N) is 1. The highest BCUT2D eigenvalue weighted by Crippen LogP contribution is 2.41. The van der Waals surface area contributed by atoms with Crippen LogP contribution in [0.1, 0.15) is 19.4 Å². The summed E-state index contributed by atoms with van der Waals surface area (Å²) in [7, 11) is 3.25. The van der Waals surface area contributed by atoms with Crippen LogP contribution >= 0.6 is 0 Å². The highest BCUT2D eigenvalue weighted by molar-refractivity contribution is 6.05. The molecule has 0 bridgehead atoms. The molecule has 174 valence electrons. The van der Waals surface area contributed by atoms with Crippen molar-refractivity contribution in [3.63, 3.8) is 0 Å². The monoisotopic (exact) mass is 457 g/mol. The van der Waals surface area contributed by atoms with Crippen LogP contribution in [0.4, 0.5) is 5.69 Å². The maximum Gasteiger partial charge on any atom is 0.248 e. The smallest absolute Gasteiger partial charge is 0.248 e. The number of amides is 1. The summed E-state index contributed by atoms with van der Waals surface area (Å²) < 4.78 is 22.8. The summed E-state index contributed by atoms with van der Waals surface area (Å²) in [4.78, 5) is 12.6. The lowest BCUT2D eigenvalue weighted by molar-refractivity contribution is -0.111. The first-order valence-corrected chi connectivity index (χ1v) is 11.0. The van der Waals surface area contributed by atoms with E-state index in [1.807, 2.05) is 74.5 Å². The largest absolute Gasteiger partial charge is 0.497 e. The number of carbonyl (C=O) groups is 1. The van der Waals surface area contributed by atoms with E-state index in [1.54, 1.807) is 26.6 Å². The van der Waals surface area contributed by atoms with Crippen LogP contribution in [-0.2, 0) is 4.79 Å². The number of methoxy groups -OCH3 is 2. The lowest BCUT2D eigenvalue weighted by Crippen LogP contribution is -2.08. The fourth-order valence-corrected chi connectivity index (χ4v) is 3.85. The Morgan fingerprint density at radius 3 is 2.47 bits per heavy atom. The molecule has 0 atom stereocenters. The maximum atomic E-state index is 12.6. The molecule has 1 heterocycles. The van der Waals surface area contributed by atoms with E-state index in [0.29, 0.717) is 29.4 Å². The Hall–Kier alpha value is -4.19. The lowest BCUT2D eigenvalue weighted by atomic mass is 9.98. The van der Waals surface area contributed by atoms with Gasteiger partial charge in [0.25, 0.3) is 0 Å². The predicted octanol–water partition coefficient (Wildman–Crippen LogP) is 6.56. The molecule has 0 fully saturated rings. The highest BCUT2D eigenvalue weighted by Gasteiger charge is 2.18. The normalized spacial score (nSPS) is 11.4. The topological polar surface area (TPSA) is 69.9 Å². The Balaban J connectivity index is 1.79. The van der Waals surface area contributed by atoms with Crippen LogP contribution in [0.2, 0.25) is 0 Å². The molecular formula is C28H27NO5. The van der Waals surface area contributed by atoms with Gasteiger partial charge in [-0.3, -0.25) is 4.79 Å². The van der Waals surface area contributed by atoms with Crippen molar-refractivity contribution >= 4 is 28.1 Å². The van der Waals surface area contributed by atoms with Crippen LogP contribution in [0.5, 0.6) is 17.2 Å². The molecule has 0 saturated heterocycles. The molecule has 6 heteroatoms. The molecular weight excluding hydrogens is 430 g/mol. The fourth-order valence-electron chi connectivity index (χ4n) is 3.85. The van der Waals surface area contributed by atoms with E-state index in [1.165, 1.54) is 0 Å². The van der Waals surface area contributed by atoms with E-state index in [9.17, 15) is 4.79 Å². The number of hydrogen-bond donors (Lipinski definition) is 1. The standard InChI is InChI=1S/C28H27NO5/c1-5-33-26-16-27-23(24(17-34-27)22-14-20(31-3)11-12-25(22)32-4)15-21(26)18(2)13-28(30)29-19-9-7-6-8-10-19/h6-17H,5H2,1-4H3,(H,29,30)/b18-13+. The van der Waals surface area contributed by atoms with Crippen LogP contribution < -0.4 is 19.5 Å². The molecule has 34 heavy (non-hydrogen) atoms. The highest BCUT2D eigenvalue weighted by atomic mass is 16.5. The van der Waals surface area contributed by atoms with Gasteiger partial charge in [0.15, 0.2) is 0 Å². The third-order valence-electron chi connectivity index (χ3n) is 5.49. The van der Waals surface area contributed by atoms with Crippen LogP contribution in [-0.4, -0.2) is 26.7 Å². The average molecular weight is 458 g/mol. The lowest BCUT2D eigenvalue weighted by Gasteiger charge is -2.13. The minimum absolute atomic E-state index is 0.215. The summed E-state index contributed by atoms with van der Waals surface area (Å²) in [6.45, 7) is 4.29. The number of furan rings is 1. The van der Waals surface area contributed by atoms with Gasteiger partial charge in [0.1, 0.15) is 22.8 Å². The summed E-state index contributed by atoms with van der Waals surface area (Å²) in [5.74, 6) is 1.85. The molecule has 1 N–H and O–H groups in total. The van der Waals surface area contributed by atoms with E-state index < -0.39 is 0 Å². The number of hydrogen-bond acceptors (Lipinski definition) is 5. The van der Waals surface area contributed by atoms with Gasteiger partial charge in [-0.25, -0.2) is 0 Å². The van der Waals surface area contributed by atoms with Crippen molar-refractivity contribution in [2.45, 2.75) is 13.8 Å². The van der Waals surface area contributed by atoms with E-state index in [2.05, 4.69) is 5.32 Å². The van der Waals surface area contributed by atoms with Crippen molar-refractivity contribution in [1.29, 1.82) is 0 Å². The van der Waals surface area contributed by atoms with E-state index in [-0.39, 0.29) is 5.91 Å². The molecule has 3 aromatic carbocycles. The molecule has 4 aromatic rings. The van der Waals surface area contributed by atoms with Gasteiger partial charge in [0.2, 0.25) is 5.91 Å². The molecule has 0 spiro atoms.